The molecular formula is C13H17NO2. The van der Waals surface area contributed by atoms with Crippen LogP contribution in [0.2, 0.25) is 0 Å². The Kier molecular flexibility index (Phi) is 3.25. The monoisotopic (exact) mass is 219 g/mol. The molecule has 1 N–H and O–H groups in total. The van der Waals surface area contributed by atoms with Crippen molar-refractivity contribution in [3.8, 4) is 0 Å². The van der Waals surface area contributed by atoms with Crippen molar-refractivity contribution < 1.29 is 9.94 Å². The molecule has 0 saturated heterocycles. The second kappa shape index (κ2) is 4.66. The molecule has 1 aliphatic rings. The zero-order chi connectivity index (χ0) is 11.5. The molecule has 1 aromatic rings. The van der Waals surface area contributed by atoms with Crippen LogP contribution >= 0.6 is 0 Å². The Morgan fingerprint density at radius 1 is 1.56 bits per heavy atom. The van der Waals surface area contributed by atoms with E-state index in [2.05, 4.69) is 29.4 Å². The first-order valence-corrected chi connectivity index (χ1v) is 5.61. The maximum absolute atomic E-state index is 9.04. The summed E-state index contributed by atoms with van der Waals surface area (Å²) in [6.45, 7) is 3.91. The van der Waals surface area contributed by atoms with Gasteiger partial charge in [0, 0.05) is 5.92 Å². The minimum atomic E-state index is -0.467. The number of aliphatic hydroxyl groups is 1. The molecule has 0 spiro atoms. The van der Waals surface area contributed by atoms with Gasteiger partial charge in [0.2, 0.25) is 0 Å². The van der Waals surface area contributed by atoms with Crippen molar-refractivity contribution in [2.75, 3.05) is 6.61 Å². The van der Waals surface area contributed by atoms with E-state index < -0.39 is 6.10 Å². The van der Waals surface area contributed by atoms with Crippen LogP contribution in [0.4, 0.5) is 0 Å². The molecule has 0 amide bonds. The molecular weight excluding hydrogens is 202 g/mol. The molecule has 3 nitrogen and oxygen atoms in total. The lowest BCUT2D eigenvalue weighted by molar-refractivity contribution is 0.0494. The van der Waals surface area contributed by atoms with Crippen LogP contribution in [0, 0.1) is 0 Å². The highest BCUT2D eigenvalue weighted by molar-refractivity contribution is 5.91. The van der Waals surface area contributed by atoms with Crippen molar-refractivity contribution in [3.63, 3.8) is 0 Å². The van der Waals surface area contributed by atoms with E-state index in [-0.39, 0.29) is 6.61 Å². The Morgan fingerprint density at radius 2 is 2.31 bits per heavy atom. The van der Waals surface area contributed by atoms with Crippen molar-refractivity contribution >= 4 is 5.71 Å². The molecule has 0 aliphatic heterocycles. The summed E-state index contributed by atoms with van der Waals surface area (Å²) >= 11 is 0. The highest BCUT2D eigenvalue weighted by atomic mass is 16.6. The summed E-state index contributed by atoms with van der Waals surface area (Å²) in [6, 6.07) is 8.40. The van der Waals surface area contributed by atoms with Gasteiger partial charge in [0.15, 0.2) is 0 Å². The highest BCUT2D eigenvalue weighted by Crippen LogP contribution is 2.35. The van der Waals surface area contributed by atoms with Crippen LogP contribution in [0.1, 0.15) is 30.9 Å². The zero-order valence-corrected chi connectivity index (χ0v) is 9.68. The van der Waals surface area contributed by atoms with Gasteiger partial charge < -0.3 is 9.94 Å². The van der Waals surface area contributed by atoms with Gasteiger partial charge in [0.25, 0.3) is 0 Å². The quantitative estimate of drug-likeness (QED) is 0.622. The van der Waals surface area contributed by atoms with Crippen molar-refractivity contribution in [1.82, 2.24) is 0 Å². The fraction of sp³-hybridized carbons (Fsp3) is 0.462. The number of aliphatic hydroxyl groups excluding tert-OH is 1. The molecule has 0 fully saturated rings. The third-order valence-electron chi connectivity index (χ3n) is 2.88. The predicted octanol–water partition coefficient (Wildman–Crippen LogP) is 2.10. The molecule has 1 aromatic carbocycles. The summed E-state index contributed by atoms with van der Waals surface area (Å²) in [5.74, 6) is 0.394. The van der Waals surface area contributed by atoms with E-state index in [9.17, 15) is 0 Å². The van der Waals surface area contributed by atoms with Crippen molar-refractivity contribution in [1.29, 1.82) is 0 Å². The van der Waals surface area contributed by atoms with E-state index in [0.717, 1.165) is 12.1 Å². The summed E-state index contributed by atoms with van der Waals surface area (Å²) < 4.78 is 0. The fourth-order valence-corrected chi connectivity index (χ4v) is 1.94. The standard InChI is InChI=1S/C13H17NO2/c1-9(15)8-16-14-10(2)13-7-11-5-3-4-6-12(11)13/h3-6,9,13,15H,7-8H2,1-2H3/b14-10+. The number of rotatable bonds is 4. The van der Waals surface area contributed by atoms with Crippen molar-refractivity contribution in [3.05, 3.63) is 35.4 Å². The lowest BCUT2D eigenvalue weighted by atomic mass is 9.75. The summed E-state index contributed by atoms with van der Waals surface area (Å²) in [5, 5.41) is 13.1. The minimum Gasteiger partial charge on any atom is -0.393 e. The van der Waals surface area contributed by atoms with Crippen LogP contribution in [0.25, 0.3) is 0 Å². The van der Waals surface area contributed by atoms with E-state index in [1.54, 1.807) is 6.92 Å². The molecule has 0 radical (unpaired) electrons. The molecule has 0 heterocycles. The lowest BCUT2D eigenvalue weighted by Crippen LogP contribution is -2.23. The normalized spacial score (nSPS) is 20.9. The van der Waals surface area contributed by atoms with Gasteiger partial charge in [-0.25, -0.2) is 0 Å². The Balaban J connectivity index is 1.96. The van der Waals surface area contributed by atoms with Crippen molar-refractivity contribution in [2.24, 2.45) is 5.16 Å². The van der Waals surface area contributed by atoms with Crippen LogP contribution in [0.3, 0.4) is 0 Å². The number of benzene rings is 1. The average molecular weight is 219 g/mol. The summed E-state index contributed by atoms with van der Waals surface area (Å²) in [4.78, 5) is 5.07. The number of hydrogen-bond acceptors (Lipinski definition) is 3. The maximum atomic E-state index is 9.04. The molecule has 3 heteroatoms. The first kappa shape index (κ1) is 11.1. The zero-order valence-electron chi connectivity index (χ0n) is 9.68. The van der Waals surface area contributed by atoms with Crippen LogP contribution in [-0.2, 0) is 11.3 Å². The molecule has 1 aliphatic carbocycles. The number of nitrogens with zero attached hydrogens (tertiary/aromatic N) is 1. The smallest absolute Gasteiger partial charge is 0.142 e. The van der Waals surface area contributed by atoms with Crippen LogP contribution in [-0.4, -0.2) is 23.5 Å². The average Bonchev–Trinajstić information content (AvgIpc) is 2.19. The lowest BCUT2D eigenvalue weighted by Gasteiger charge is -2.29. The number of hydrogen-bond donors (Lipinski definition) is 1. The predicted molar refractivity (Wildman–Crippen MR) is 63.6 cm³/mol. The van der Waals surface area contributed by atoms with Gasteiger partial charge >= 0.3 is 0 Å². The van der Waals surface area contributed by atoms with Gasteiger partial charge in [-0.15, -0.1) is 0 Å². The fourth-order valence-electron chi connectivity index (χ4n) is 1.94. The minimum absolute atomic E-state index is 0.256. The van der Waals surface area contributed by atoms with Gasteiger partial charge in [-0.3, -0.25) is 0 Å². The van der Waals surface area contributed by atoms with E-state index in [1.807, 2.05) is 6.92 Å². The SMILES string of the molecule is C/C(=N\OCC(C)O)C1Cc2ccccc21. The Labute approximate surface area is 95.7 Å². The first-order valence-electron chi connectivity index (χ1n) is 5.61. The molecule has 86 valence electrons. The second-order valence-electron chi connectivity index (χ2n) is 4.33. The summed E-state index contributed by atoms with van der Waals surface area (Å²) in [5.41, 5.74) is 3.74. The van der Waals surface area contributed by atoms with Crippen LogP contribution in [0.5, 0.6) is 0 Å². The maximum Gasteiger partial charge on any atom is 0.142 e. The number of oxime groups is 1. The van der Waals surface area contributed by atoms with Crippen LogP contribution in [0.15, 0.2) is 29.4 Å². The molecule has 0 aromatic heterocycles. The topological polar surface area (TPSA) is 41.8 Å². The van der Waals surface area contributed by atoms with E-state index in [0.29, 0.717) is 5.92 Å². The molecule has 2 unspecified atom stereocenters. The largest absolute Gasteiger partial charge is 0.393 e. The first-order chi connectivity index (χ1) is 7.68. The van der Waals surface area contributed by atoms with Gasteiger partial charge in [-0.05, 0) is 31.4 Å². The van der Waals surface area contributed by atoms with Gasteiger partial charge in [0.1, 0.15) is 6.61 Å². The highest BCUT2D eigenvalue weighted by Gasteiger charge is 2.27. The summed E-state index contributed by atoms with van der Waals surface area (Å²) in [6.07, 6.45) is 0.578. The Morgan fingerprint density at radius 3 is 3.00 bits per heavy atom. The molecule has 16 heavy (non-hydrogen) atoms. The molecule has 2 rings (SSSR count). The van der Waals surface area contributed by atoms with Crippen molar-refractivity contribution in [2.45, 2.75) is 32.3 Å². The second-order valence-corrected chi connectivity index (χ2v) is 4.33. The van der Waals surface area contributed by atoms with Gasteiger partial charge in [-0.1, -0.05) is 29.4 Å². The third-order valence-corrected chi connectivity index (χ3v) is 2.88. The number of fused-ring (bicyclic) bond motifs is 1. The molecule has 0 saturated carbocycles. The summed E-state index contributed by atoms with van der Waals surface area (Å²) in [7, 11) is 0. The molecule has 0 bridgehead atoms. The van der Waals surface area contributed by atoms with Gasteiger partial charge in [-0.2, -0.15) is 0 Å². The molecule has 2 atom stereocenters. The van der Waals surface area contributed by atoms with Gasteiger partial charge in [0.05, 0.1) is 11.8 Å². The van der Waals surface area contributed by atoms with Crippen LogP contribution < -0.4 is 0 Å². The van der Waals surface area contributed by atoms with E-state index in [4.69, 9.17) is 9.94 Å². The van der Waals surface area contributed by atoms with E-state index >= 15 is 0 Å². The Hall–Kier alpha value is -1.35. The van der Waals surface area contributed by atoms with E-state index in [1.165, 1.54) is 11.1 Å². The Bertz CT molecular complexity index is 399. The third kappa shape index (κ3) is 2.25.